The average molecular weight is 433 g/mol. The number of nitrogens with zero attached hydrogens (tertiary/aromatic N) is 1. The van der Waals surface area contributed by atoms with E-state index in [1.54, 1.807) is 11.9 Å². The monoisotopic (exact) mass is 433 g/mol. The van der Waals surface area contributed by atoms with Crippen LogP contribution in [0, 0.1) is 11.6 Å². The number of ether oxygens (including phenoxy) is 1. The van der Waals surface area contributed by atoms with Crippen LogP contribution in [0.25, 0.3) is 0 Å². The average Bonchev–Trinajstić information content (AvgIpc) is 3.01. The minimum atomic E-state index is -1.48. The Bertz CT molecular complexity index is 999. The molecule has 0 bridgehead atoms. The third kappa shape index (κ3) is 4.70. The minimum Gasteiger partial charge on any atom is -0.488 e. The third-order valence-electron chi connectivity index (χ3n) is 4.90. The fraction of sp³-hybridized carbons (Fsp3) is 0.286. The number of nitrogens with one attached hydrogen (secondary N) is 2. The van der Waals surface area contributed by atoms with Gasteiger partial charge in [0.2, 0.25) is 0 Å². The summed E-state index contributed by atoms with van der Waals surface area (Å²) < 4.78 is 32.6. The molecule has 1 heterocycles. The smallest absolute Gasteiger partial charge is 0.322 e. The van der Waals surface area contributed by atoms with Crippen molar-refractivity contribution < 1.29 is 33.0 Å². The SMILES string of the molecule is CN(Cc1cc(OCCO)c(F)cc1C=O)CC1(c2ccc(F)cc2)NC(=O)NC1=O. The lowest BCUT2D eigenvalue weighted by Crippen LogP contribution is -2.51. The van der Waals surface area contributed by atoms with E-state index in [4.69, 9.17) is 9.84 Å². The lowest BCUT2D eigenvalue weighted by atomic mass is 9.89. The summed E-state index contributed by atoms with van der Waals surface area (Å²) in [5.74, 6) is -1.96. The second-order valence-corrected chi connectivity index (χ2v) is 7.16. The fourth-order valence-corrected chi connectivity index (χ4v) is 3.51. The molecule has 1 unspecified atom stereocenters. The fourth-order valence-electron chi connectivity index (χ4n) is 3.51. The van der Waals surface area contributed by atoms with Gasteiger partial charge < -0.3 is 15.2 Å². The number of hydrogen-bond donors (Lipinski definition) is 3. The van der Waals surface area contributed by atoms with Gasteiger partial charge in [-0.15, -0.1) is 0 Å². The van der Waals surface area contributed by atoms with Gasteiger partial charge in [0.25, 0.3) is 5.91 Å². The van der Waals surface area contributed by atoms with Crippen LogP contribution in [0.5, 0.6) is 5.75 Å². The van der Waals surface area contributed by atoms with Gasteiger partial charge in [-0.2, -0.15) is 0 Å². The van der Waals surface area contributed by atoms with E-state index >= 15 is 0 Å². The first-order valence-corrected chi connectivity index (χ1v) is 9.38. The highest BCUT2D eigenvalue weighted by atomic mass is 19.1. The number of halogens is 2. The van der Waals surface area contributed by atoms with E-state index in [1.807, 2.05) is 0 Å². The van der Waals surface area contributed by atoms with Crippen LogP contribution >= 0.6 is 0 Å². The highest BCUT2D eigenvalue weighted by Gasteiger charge is 2.48. The Morgan fingerprint density at radius 2 is 1.90 bits per heavy atom. The van der Waals surface area contributed by atoms with Crippen molar-refractivity contribution in [3.63, 3.8) is 0 Å². The zero-order chi connectivity index (χ0) is 22.6. The second kappa shape index (κ2) is 9.19. The number of aliphatic hydroxyl groups is 1. The molecular weight excluding hydrogens is 412 g/mol. The predicted octanol–water partition coefficient (Wildman–Crippen LogP) is 1.32. The van der Waals surface area contributed by atoms with Crippen LogP contribution < -0.4 is 15.4 Å². The number of likely N-dealkylation sites (N-methyl/N-ethyl adjacent to an activating group) is 1. The van der Waals surface area contributed by atoms with E-state index in [-0.39, 0.29) is 37.6 Å². The first kappa shape index (κ1) is 22.3. The van der Waals surface area contributed by atoms with Gasteiger partial charge in [0, 0.05) is 18.7 Å². The Hall–Kier alpha value is -3.37. The van der Waals surface area contributed by atoms with Crippen molar-refractivity contribution in [1.29, 1.82) is 0 Å². The molecule has 3 rings (SSSR count). The maximum absolute atomic E-state index is 14.1. The normalized spacial score (nSPS) is 18.1. The summed E-state index contributed by atoms with van der Waals surface area (Å²) in [4.78, 5) is 37.6. The molecular formula is C21H21F2N3O5. The Balaban J connectivity index is 1.89. The molecule has 0 aromatic heterocycles. The van der Waals surface area contributed by atoms with Crippen molar-refractivity contribution in [2.24, 2.45) is 0 Å². The van der Waals surface area contributed by atoms with Crippen molar-refractivity contribution in [2.75, 3.05) is 26.8 Å². The predicted molar refractivity (Wildman–Crippen MR) is 105 cm³/mol. The van der Waals surface area contributed by atoms with Gasteiger partial charge >= 0.3 is 6.03 Å². The highest BCUT2D eigenvalue weighted by molar-refractivity contribution is 6.07. The molecule has 0 spiro atoms. The zero-order valence-corrected chi connectivity index (χ0v) is 16.7. The molecule has 1 aliphatic heterocycles. The summed E-state index contributed by atoms with van der Waals surface area (Å²) in [7, 11) is 1.65. The summed E-state index contributed by atoms with van der Waals surface area (Å²) in [5.41, 5.74) is -0.579. The molecule has 2 aromatic rings. The quantitative estimate of drug-likeness (QED) is 0.407. The Morgan fingerprint density at radius 3 is 2.48 bits per heavy atom. The number of aldehydes is 1. The van der Waals surface area contributed by atoms with E-state index in [0.717, 1.165) is 6.07 Å². The van der Waals surface area contributed by atoms with Crippen LogP contribution in [0.2, 0.25) is 0 Å². The summed E-state index contributed by atoms with van der Waals surface area (Å²) in [5, 5.41) is 13.7. The summed E-state index contributed by atoms with van der Waals surface area (Å²) >= 11 is 0. The summed E-state index contributed by atoms with van der Waals surface area (Å²) in [6.07, 6.45) is 0.502. The molecule has 31 heavy (non-hydrogen) atoms. The number of rotatable bonds is 9. The number of aliphatic hydroxyl groups excluding tert-OH is 1. The molecule has 0 radical (unpaired) electrons. The second-order valence-electron chi connectivity index (χ2n) is 7.16. The minimum absolute atomic E-state index is 0.0152. The summed E-state index contributed by atoms with van der Waals surface area (Å²) in [6, 6.07) is 6.88. The first-order chi connectivity index (χ1) is 14.8. The lowest BCUT2D eigenvalue weighted by molar-refractivity contribution is -0.125. The Labute approximate surface area is 176 Å². The topological polar surface area (TPSA) is 108 Å². The van der Waals surface area contributed by atoms with E-state index < -0.39 is 29.1 Å². The molecule has 1 fully saturated rings. The Kier molecular flexibility index (Phi) is 6.62. The molecule has 8 nitrogen and oxygen atoms in total. The third-order valence-corrected chi connectivity index (χ3v) is 4.90. The number of carbonyl (C=O) groups excluding carboxylic acids is 3. The van der Waals surface area contributed by atoms with Crippen molar-refractivity contribution in [2.45, 2.75) is 12.1 Å². The Morgan fingerprint density at radius 1 is 1.19 bits per heavy atom. The number of benzene rings is 2. The number of carbonyl (C=O) groups is 3. The van der Waals surface area contributed by atoms with Crippen LogP contribution in [-0.4, -0.2) is 55.0 Å². The van der Waals surface area contributed by atoms with Crippen LogP contribution in [0.3, 0.4) is 0 Å². The number of imide groups is 1. The maximum Gasteiger partial charge on any atom is 0.322 e. The standard InChI is InChI=1S/C21H21F2N3O5/c1-26(10-13-9-18(31-7-6-27)17(23)8-14(13)11-28)12-21(19(29)24-20(30)25-21)15-2-4-16(22)5-3-15/h2-5,8-9,11,27H,6-7,10,12H2,1H3,(H2,24,25,29,30). The van der Waals surface area contributed by atoms with Gasteiger partial charge in [-0.25, -0.2) is 13.6 Å². The zero-order valence-electron chi connectivity index (χ0n) is 16.7. The number of amides is 3. The summed E-state index contributed by atoms with van der Waals surface area (Å²) in [6.45, 7) is -0.333. The maximum atomic E-state index is 14.1. The largest absolute Gasteiger partial charge is 0.488 e. The molecule has 1 saturated heterocycles. The van der Waals surface area contributed by atoms with E-state index in [2.05, 4.69) is 10.6 Å². The number of hydrogen-bond acceptors (Lipinski definition) is 6. The molecule has 164 valence electrons. The van der Waals surface area contributed by atoms with Crippen LogP contribution in [0.1, 0.15) is 21.5 Å². The van der Waals surface area contributed by atoms with E-state index in [1.165, 1.54) is 30.3 Å². The molecule has 0 saturated carbocycles. The lowest BCUT2D eigenvalue weighted by Gasteiger charge is -2.31. The number of urea groups is 1. The molecule has 0 aliphatic carbocycles. The van der Waals surface area contributed by atoms with Gasteiger partial charge in [-0.3, -0.25) is 19.8 Å². The van der Waals surface area contributed by atoms with Gasteiger partial charge in [-0.1, -0.05) is 12.1 Å². The van der Waals surface area contributed by atoms with E-state index in [9.17, 15) is 23.2 Å². The molecule has 10 heteroatoms. The van der Waals surface area contributed by atoms with Crippen LogP contribution in [0.4, 0.5) is 13.6 Å². The van der Waals surface area contributed by atoms with Crippen LogP contribution in [-0.2, 0) is 16.9 Å². The van der Waals surface area contributed by atoms with Crippen molar-refractivity contribution in [3.05, 3.63) is 64.7 Å². The van der Waals surface area contributed by atoms with Crippen molar-refractivity contribution >= 4 is 18.2 Å². The molecule has 3 amide bonds. The van der Waals surface area contributed by atoms with Crippen molar-refractivity contribution in [1.82, 2.24) is 15.5 Å². The van der Waals surface area contributed by atoms with E-state index in [0.29, 0.717) is 17.4 Å². The van der Waals surface area contributed by atoms with Gasteiger partial charge in [0.15, 0.2) is 17.1 Å². The van der Waals surface area contributed by atoms with Gasteiger partial charge in [0.1, 0.15) is 18.7 Å². The highest BCUT2D eigenvalue weighted by Crippen LogP contribution is 2.28. The van der Waals surface area contributed by atoms with Crippen LogP contribution in [0.15, 0.2) is 36.4 Å². The van der Waals surface area contributed by atoms with Crippen molar-refractivity contribution in [3.8, 4) is 5.75 Å². The molecule has 3 N–H and O–H groups in total. The molecule has 1 atom stereocenters. The van der Waals surface area contributed by atoms with Gasteiger partial charge in [-0.05, 0) is 42.4 Å². The van der Waals surface area contributed by atoms with Gasteiger partial charge in [0.05, 0.1) is 6.61 Å². The molecule has 1 aliphatic rings. The first-order valence-electron chi connectivity index (χ1n) is 9.38. The molecule has 2 aromatic carbocycles.